The zero-order chi connectivity index (χ0) is 26.2. The highest BCUT2D eigenvalue weighted by Gasteiger charge is 2.34. The number of likely N-dealkylation sites (tertiary alicyclic amines) is 1. The third kappa shape index (κ3) is 4.36. The van der Waals surface area contributed by atoms with Gasteiger partial charge < -0.3 is 19.1 Å². The monoisotopic (exact) mass is 518 g/mol. The molecular weight excluding hydrogens is 488 g/mol. The summed E-state index contributed by atoms with van der Waals surface area (Å²) in [6, 6.07) is 11.3. The first-order valence-corrected chi connectivity index (χ1v) is 13.0. The van der Waals surface area contributed by atoms with E-state index in [2.05, 4.69) is 33.5 Å². The largest absolute Gasteiger partial charge is 0.466 e. The lowest BCUT2D eigenvalue weighted by Crippen LogP contribution is -2.40. The molecule has 1 aromatic heterocycles. The SMILES string of the molecule is CCOC(=O)C1CCN(C(=O)c2ccc(-n3nnnc3[C@@H]3c4cc5c(cc4CCN3C)OCO5)cc2)CC1. The van der Waals surface area contributed by atoms with E-state index >= 15 is 0 Å². The maximum Gasteiger partial charge on any atom is 0.309 e. The molecule has 3 aromatic rings. The minimum absolute atomic E-state index is 0.0483. The number of benzene rings is 2. The number of ether oxygens (including phenoxy) is 3. The van der Waals surface area contributed by atoms with Crippen molar-refractivity contribution in [2.24, 2.45) is 5.92 Å². The Bertz CT molecular complexity index is 1350. The van der Waals surface area contributed by atoms with Crippen molar-refractivity contribution in [1.82, 2.24) is 30.0 Å². The van der Waals surface area contributed by atoms with E-state index in [-0.39, 0.29) is 30.6 Å². The molecule has 0 spiro atoms. The predicted molar refractivity (Wildman–Crippen MR) is 135 cm³/mol. The van der Waals surface area contributed by atoms with Crippen molar-refractivity contribution in [2.75, 3.05) is 40.1 Å². The average Bonchev–Trinajstić information content (AvgIpc) is 3.61. The van der Waals surface area contributed by atoms with Crippen LogP contribution in [-0.2, 0) is 16.0 Å². The van der Waals surface area contributed by atoms with Crippen LogP contribution in [0.25, 0.3) is 5.69 Å². The van der Waals surface area contributed by atoms with Gasteiger partial charge in [-0.2, -0.15) is 4.68 Å². The van der Waals surface area contributed by atoms with Crippen molar-refractivity contribution >= 4 is 11.9 Å². The van der Waals surface area contributed by atoms with E-state index in [0.717, 1.165) is 35.7 Å². The zero-order valence-electron chi connectivity index (χ0n) is 21.5. The first-order chi connectivity index (χ1) is 18.5. The molecule has 1 atom stereocenters. The minimum atomic E-state index is -0.169. The number of likely N-dealkylation sites (N-methyl/N-ethyl adjacent to an activating group) is 1. The lowest BCUT2D eigenvalue weighted by Gasteiger charge is -2.33. The van der Waals surface area contributed by atoms with Crippen LogP contribution in [0.5, 0.6) is 11.5 Å². The number of hydrogen-bond acceptors (Lipinski definition) is 9. The summed E-state index contributed by atoms with van der Waals surface area (Å²) in [5.74, 6) is 1.84. The Balaban J connectivity index is 1.21. The van der Waals surface area contributed by atoms with Gasteiger partial charge in [-0.1, -0.05) is 0 Å². The standard InChI is InChI=1S/C27H30N6O5/c1-3-36-27(35)18-9-12-32(13-10-18)26(34)17-4-6-20(7-5-17)33-25(28-29-30-33)24-21-15-23-22(37-16-38-23)14-19(21)8-11-31(24)2/h4-7,14-15,18,24H,3,8-13,16H2,1-2H3/t24-/m0/s1. The van der Waals surface area contributed by atoms with Gasteiger partial charge in [-0.05, 0) is 91.2 Å². The van der Waals surface area contributed by atoms with Crippen LogP contribution >= 0.6 is 0 Å². The molecule has 3 aliphatic rings. The average molecular weight is 519 g/mol. The highest BCUT2D eigenvalue weighted by molar-refractivity contribution is 5.94. The predicted octanol–water partition coefficient (Wildman–Crippen LogP) is 2.38. The molecule has 198 valence electrons. The second-order valence-corrected chi connectivity index (χ2v) is 9.85. The molecule has 0 bridgehead atoms. The van der Waals surface area contributed by atoms with Crippen molar-refractivity contribution in [3.8, 4) is 17.2 Å². The van der Waals surface area contributed by atoms with Gasteiger partial charge in [-0.15, -0.1) is 5.10 Å². The fourth-order valence-corrected chi connectivity index (χ4v) is 5.52. The summed E-state index contributed by atoms with van der Waals surface area (Å²) in [4.78, 5) is 29.2. The third-order valence-corrected chi connectivity index (χ3v) is 7.60. The van der Waals surface area contributed by atoms with E-state index in [4.69, 9.17) is 14.2 Å². The highest BCUT2D eigenvalue weighted by Crippen LogP contribution is 2.42. The molecule has 1 fully saturated rings. The summed E-state index contributed by atoms with van der Waals surface area (Å²) >= 11 is 0. The van der Waals surface area contributed by atoms with Crippen LogP contribution in [0.3, 0.4) is 0 Å². The van der Waals surface area contributed by atoms with Gasteiger partial charge in [0.15, 0.2) is 17.3 Å². The fourth-order valence-electron chi connectivity index (χ4n) is 5.52. The highest BCUT2D eigenvalue weighted by atomic mass is 16.7. The second-order valence-electron chi connectivity index (χ2n) is 9.85. The van der Waals surface area contributed by atoms with E-state index in [9.17, 15) is 9.59 Å². The number of carbonyl (C=O) groups excluding carboxylic acids is 2. The quantitative estimate of drug-likeness (QED) is 0.470. The summed E-state index contributed by atoms with van der Waals surface area (Å²) in [5, 5.41) is 12.7. The Kier molecular flexibility index (Phi) is 6.44. The zero-order valence-corrected chi connectivity index (χ0v) is 21.5. The molecule has 6 rings (SSSR count). The lowest BCUT2D eigenvalue weighted by molar-refractivity contribution is -0.149. The molecule has 3 aliphatic heterocycles. The van der Waals surface area contributed by atoms with Gasteiger partial charge in [-0.25, -0.2) is 0 Å². The Labute approximate surface area is 220 Å². The smallest absolute Gasteiger partial charge is 0.309 e. The van der Waals surface area contributed by atoms with Gasteiger partial charge in [0.1, 0.15) is 0 Å². The Morgan fingerprint density at radius 2 is 1.79 bits per heavy atom. The molecule has 0 unspecified atom stereocenters. The molecule has 0 radical (unpaired) electrons. The number of amides is 1. The van der Waals surface area contributed by atoms with Gasteiger partial charge in [0.25, 0.3) is 5.91 Å². The van der Waals surface area contributed by atoms with Gasteiger partial charge in [0.2, 0.25) is 6.79 Å². The number of esters is 1. The van der Waals surface area contributed by atoms with E-state index in [1.807, 2.05) is 18.2 Å². The molecule has 0 aliphatic carbocycles. The molecule has 0 saturated carbocycles. The van der Waals surface area contributed by atoms with Gasteiger partial charge in [-0.3, -0.25) is 14.5 Å². The molecule has 11 heteroatoms. The first kappa shape index (κ1) is 24.4. The Hall–Kier alpha value is -3.99. The molecule has 4 heterocycles. The van der Waals surface area contributed by atoms with Crippen molar-refractivity contribution in [2.45, 2.75) is 32.2 Å². The summed E-state index contributed by atoms with van der Waals surface area (Å²) in [6.07, 6.45) is 2.13. The van der Waals surface area contributed by atoms with Crippen LogP contribution in [-0.4, -0.2) is 82.0 Å². The summed E-state index contributed by atoms with van der Waals surface area (Å²) in [6.45, 7) is 4.33. The number of nitrogens with zero attached hydrogens (tertiary/aromatic N) is 6. The molecule has 1 saturated heterocycles. The maximum absolute atomic E-state index is 13.1. The van der Waals surface area contributed by atoms with E-state index < -0.39 is 0 Å². The van der Waals surface area contributed by atoms with Gasteiger partial charge in [0, 0.05) is 25.2 Å². The molecule has 38 heavy (non-hydrogen) atoms. The molecular formula is C27H30N6O5. The molecule has 1 amide bonds. The molecule has 0 N–H and O–H groups in total. The number of piperidine rings is 1. The minimum Gasteiger partial charge on any atom is -0.466 e. The Morgan fingerprint density at radius 3 is 2.53 bits per heavy atom. The lowest BCUT2D eigenvalue weighted by atomic mass is 9.91. The van der Waals surface area contributed by atoms with Crippen LogP contribution in [0, 0.1) is 5.92 Å². The normalized spacial score (nSPS) is 19.3. The van der Waals surface area contributed by atoms with Crippen molar-refractivity contribution in [3.63, 3.8) is 0 Å². The van der Waals surface area contributed by atoms with Crippen LogP contribution in [0.2, 0.25) is 0 Å². The Morgan fingerprint density at radius 1 is 1.05 bits per heavy atom. The summed E-state index contributed by atoms with van der Waals surface area (Å²) in [7, 11) is 2.06. The number of hydrogen-bond donors (Lipinski definition) is 0. The maximum atomic E-state index is 13.1. The van der Waals surface area contributed by atoms with E-state index in [0.29, 0.717) is 43.9 Å². The van der Waals surface area contributed by atoms with Crippen LogP contribution in [0.4, 0.5) is 0 Å². The number of rotatable bonds is 5. The van der Waals surface area contributed by atoms with Crippen molar-refractivity contribution in [1.29, 1.82) is 0 Å². The number of fused-ring (bicyclic) bond motifs is 2. The fraction of sp³-hybridized carbons (Fsp3) is 0.444. The van der Waals surface area contributed by atoms with Gasteiger partial charge in [0.05, 0.1) is 24.3 Å². The van der Waals surface area contributed by atoms with Crippen LogP contribution in [0.15, 0.2) is 36.4 Å². The van der Waals surface area contributed by atoms with Crippen LogP contribution < -0.4 is 9.47 Å². The first-order valence-electron chi connectivity index (χ1n) is 13.0. The second kappa shape index (κ2) is 10.1. The van der Waals surface area contributed by atoms with Gasteiger partial charge >= 0.3 is 5.97 Å². The number of tetrazole rings is 1. The summed E-state index contributed by atoms with van der Waals surface area (Å²) in [5.41, 5.74) is 3.64. The topological polar surface area (TPSA) is 112 Å². The van der Waals surface area contributed by atoms with E-state index in [1.165, 1.54) is 5.56 Å². The molecule has 2 aromatic carbocycles. The van der Waals surface area contributed by atoms with E-state index in [1.54, 1.807) is 28.6 Å². The van der Waals surface area contributed by atoms with Crippen molar-refractivity contribution < 1.29 is 23.8 Å². The number of carbonyl (C=O) groups is 2. The third-order valence-electron chi connectivity index (χ3n) is 7.60. The van der Waals surface area contributed by atoms with Crippen LogP contribution in [0.1, 0.15) is 53.1 Å². The summed E-state index contributed by atoms with van der Waals surface area (Å²) < 4.78 is 18.1. The van der Waals surface area contributed by atoms with Crippen molar-refractivity contribution in [3.05, 3.63) is 58.9 Å². The number of aromatic nitrogens is 4. The molecule has 11 nitrogen and oxygen atoms in total.